The summed E-state index contributed by atoms with van der Waals surface area (Å²) in [4.78, 5) is 113. The zero-order valence-corrected chi connectivity index (χ0v) is 50.1. The molecule has 0 aromatic heterocycles. The maximum atomic E-state index is 11.6. The second kappa shape index (κ2) is 38.9. The molecule has 5 aromatic rings. The average molecular weight is 1300 g/mol. The van der Waals surface area contributed by atoms with Crippen molar-refractivity contribution in [2.45, 2.75) is 62.0 Å². The zero-order valence-electron chi connectivity index (χ0n) is 50.1. The van der Waals surface area contributed by atoms with E-state index < -0.39 is 122 Å². The van der Waals surface area contributed by atoms with Gasteiger partial charge in [0, 0.05) is 0 Å². The molecule has 0 radical (unpaired) electrons. The first-order chi connectivity index (χ1) is 44.9. The van der Waals surface area contributed by atoms with Crippen LogP contribution in [0.15, 0.2) is 152 Å². The van der Waals surface area contributed by atoms with E-state index in [1.54, 1.807) is 152 Å². The van der Waals surface area contributed by atoms with Gasteiger partial charge in [-0.25, -0.2) is 47.9 Å². The van der Waals surface area contributed by atoms with Gasteiger partial charge in [-0.2, -0.15) is 0 Å². The monoisotopic (exact) mass is 1300 g/mol. The largest absolute Gasteiger partial charge is 0.479 e. The molecule has 498 valence electrons. The normalized spacial score (nSPS) is 22.2. The SMILES string of the molecule is COC(=O)[C@@H]1COC(COC(=O)c2ccccc2)O1.COC(=O)[C@@H]1CO[C@H](COC(=O)c2ccccc2)O1.COC(=O)[C@@H]1CO[C@H](COC(=O)c2ccccc2)O1.O=C(OC[C@@H]1OC[C@@H](C(=O)O)O1)c1ccccc1.O=C(OC[C@@H]1OC[C@@H](C(=O)O)O1)c1ccccc1. The molecule has 5 fully saturated rings. The average Bonchev–Trinajstić information content (AvgIpc) is 2.75. The molecule has 0 saturated carbocycles. The molecule has 10 atom stereocenters. The standard InChI is InChI=1S/3C13H14O6.2C12H12O6/c3*1-16-13(15)10-7-17-11(19-10)8-18-12(14)9-5-3-2-4-6-9;2*13-11(14)9-6-16-10(18-9)7-17-12(15)8-4-2-1-3-5-8/h3*2-6,10-11H,7-8H2,1H3;2*1-5,9-10H,6-7H2,(H,13,14)/t10-,11?;2*10-,11-;2*9-,10+/m00000/s1. The van der Waals surface area contributed by atoms with E-state index in [4.69, 9.17) is 81.3 Å². The Morgan fingerprint density at radius 2 is 0.473 bits per heavy atom. The molecule has 0 amide bonds. The van der Waals surface area contributed by atoms with Gasteiger partial charge < -0.3 is 95.5 Å². The summed E-state index contributed by atoms with van der Waals surface area (Å²) < 4.78 is 89.9. The Balaban J connectivity index is 0.000000184. The molecule has 5 aromatic carbocycles. The van der Waals surface area contributed by atoms with Crippen LogP contribution >= 0.6 is 0 Å². The summed E-state index contributed by atoms with van der Waals surface area (Å²) in [5.74, 6) is -6.08. The molecule has 93 heavy (non-hydrogen) atoms. The predicted octanol–water partition coefficient (Wildman–Crippen LogP) is 3.61. The molecule has 5 saturated heterocycles. The number of benzene rings is 5. The molecule has 0 aliphatic carbocycles. The van der Waals surface area contributed by atoms with E-state index in [9.17, 15) is 47.9 Å². The maximum Gasteiger partial charge on any atom is 0.338 e. The molecule has 5 aliphatic rings. The molecule has 30 heteroatoms. The Morgan fingerprint density at radius 1 is 0.301 bits per heavy atom. The van der Waals surface area contributed by atoms with Crippen LogP contribution in [0.25, 0.3) is 0 Å². The van der Waals surface area contributed by atoms with Crippen molar-refractivity contribution < 1.29 is 143 Å². The zero-order chi connectivity index (χ0) is 66.9. The minimum Gasteiger partial charge on any atom is -0.479 e. The summed E-state index contributed by atoms with van der Waals surface area (Å²) in [6.07, 6.45) is -8.13. The van der Waals surface area contributed by atoms with Crippen molar-refractivity contribution >= 4 is 59.7 Å². The molecule has 10 rings (SSSR count). The van der Waals surface area contributed by atoms with Gasteiger partial charge in [0.2, 0.25) is 0 Å². The number of hydrogen-bond acceptors (Lipinski definition) is 28. The highest BCUT2D eigenvalue weighted by Crippen LogP contribution is 2.19. The van der Waals surface area contributed by atoms with Crippen molar-refractivity contribution in [2.24, 2.45) is 0 Å². The highest BCUT2D eigenvalue weighted by molar-refractivity contribution is 5.91. The number of ether oxygens (including phenoxy) is 18. The number of esters is 8. The lowest BCUT2D eigenvalue weighted by Gasteiger charge is -2.11. The van der Waals surface area contributed by atoms with Crippen LogP contribution in [0, 0.1) is 0 Å². The molecule has 0 spiro atoms. The lowest BCUT2D eigenvalue weighted by Crippen LogP contribution is -2.26. The first kappa shape index (κ1) is 72.5. The summed E-state index contributed by atoms with van der Waals surface area (Å²) in [6, 6.07) is 42.7. The van der Waals surface area contributed by atoms with E-state index in [0.29, 0.717) is 27.8 Å². The summed E-state index contributed by atoms with van der Waals surface area (Å²) >= 11 is 0. The van der Waals surface area contributed by atoms with E-state index >= 15 is 0 Å². The van der Waals surface area contributed by atoms with Gasteiger partial charge in [0.15, 0.2) is 62.0 Å². The molecule has 0 bridgehead atoms. The second-order valence-corrected chi connectivity index (χ2v) is 19.0. The summed E-state index contributed by atoms with van der Waals surface area (Å²) in [5.41, 5.74) is 2.19. The number of carbonyl (C=O) groups is 10. The van der Waals surface area contributed by atoms with Crippen LogP contribution in [0.5, 0.6) is 0 Å². The number of carbonyl (C=O) groups excluding carboxylic acids is 8. The van der Waals surface area contributed by atoms with Gasteiger partial charge >= 0.3 is 59.7 Å². The van der Waals surface area contributed by atoms with E-state index in [1.807, 2.05) is 0 Å². The Kier molecular flexibility index (Phi) is 30.3. The van der Waals surface area contributed by atoms with Gasteiger partial charge in [-0.3, -0.25) is 0 Å². The summed E-state index contributed by atoms with van der Waals surface area (Å²) in [7, 11) is 3.82. The quantitative estimate of drug-likeness (QED) is 0.0830. The van der Waals surface area contributed by atoms with Crippen LogP contribution in [0.4, 0.5) is 0 Å². The summed E-state index contributed by atoms with van der Waals surface area (Å²) in [6.45, 7) is -0.245. The van der Waals surface area contributed by atoms with Gasteiger partial charge in [0.05, 0.1) is 82.2 Å². The molecule has 5 aliphatic heterocycles. The number of carboxylic acids is 2. The van der Waals surface area contributed by atoms with E-state index in [1.165, 1.54) is 21.3 Å². The fourth-order valence-electron chi connectivity index (χ4n) is 7.75. The Morgan fingerprint density at radius 3 is 0.634 bits per heavy atom. The predicted molar refractivity (Wildman–Crippen MR) is 308 cm³/mol. The van der Waals surface area contributed by atoms with Crippen molar-refractivity contribution in [3.63, 3.8) is 0 Å². The van der Waals surface area contributed by atoms with Crippen molar-refractivity contribution in [3.8, 4) is 0 Å². The number of aliphatic carboxylic acids is 2. The highest BCUT2D eigenvalue weighted by Gasteiger charge is 2.37. The highest BCUT2D eigenvalue weighted by atomic mass is 16.8. The Bertz CT molecular complexity index is 2890. The third-order valence-electron chi connectivity index (χ3n) is 12.5. The van der Waals surface area contributed by atoms with Gasteiger partial charge in [0.25, 0.3) is 0 Å². The van der Waals surface area contributed by atoms with Crippen molar-refractivity contribution in [1.82, 2.24) is 0 Å². The molecular formula is C63H66O30. The smallest absolute Gasteiger partial charge is 0.338 e. The number of carboxylic acid groups (broad SMARTS) is 2. The molecule has 5 heterocycles. The van der Waals surface area contributed by atoms with Crippen LogP contribution < -0.4 is 0 Å². The third-order valence-corrected chi connectivity index (χ3v) is 12.5. The van der Waals surface area contributed by atoms with Crippen LogP contribution in [0.2, 0.25) is 0 Å². The lowest BCUT2D eigenvalue weighted by molar-refractivity contribution is -0.156. The minimum atomic E-state index is -1.09. The number of rotatable bonds is 20. The van der Waals surface area contributed by atoms with Crippen LogP contribution in [0.1, 0.15) is 51.8 Å². The van der Waals surface area contributed by atoms with Gasteiger partial charge in [-0.15, -0.1) is 0 Å². The van der Waals surface area contributed by atoms with Crippen molar-refractivity contribution in [2.75, 3.05) is 87.4 Å². The second-order valence-electron chi connectivity index (χ2n) is 19.0. The first-order valence-electron chi connectivity index (χ1n) is 28.1. The maximum absolute atomic E-state index is 11.6. The Labute approximate surface area is 530 Å². The third kappa shape index (κ3) is 24.9. The van der Waals surface area contributed by atoms with E-state index in [0.717, 1.165) is 0 Å². The topological polar surface area (TPSA) is 377 Å². The van der Waals surface area contributed by atoms with Gasteiger partial charge in [-0.05, 0) is 60.7 Å². The van der Waals surface area contributed by atoms with E-state index in [2.05, 4.69) is 14.2 Å². The minimum absolute atomic E-state index is 0.0388. The lowest BCUT2D eigenvalue weighted by atomic mass is 10.2. The van der Waals surface area contributed by atoms with Crippen LogP contribution in [0.3, 0.4) is 0 Å². The van der Waals surface area contributed by atoms with Gasteiger partial charge in [-0.1, -0.05) is 91.0 Å². The van der Waals surface area contributed by atoms with E-state index in [-0.39, 0.29) is 66.1 Å². The molecule has 2 N–H and O–H groups in total. The molecule has 30 nitrogen and oxygen atoms in total. The number of methoxy groups -OCH3 is 3. The number of hydrogen-bond donors (Lipinski definition) is 2. The van der Waals surface area contributed by atoms with Crippen molar-refractivity contribution in [1.29, 1.82) is 0 Å². The van der Waals surface area contributed by atoms with Crippen LogP contribution in [-0.4, -0.2) is 219 Å². The fraction of sp³-hybridized carbons (Fsp3) is 0.365. The molecule has 1 unspecified atom stereocenters. The Hall–Kier alpha value is -9.60. The summed E-state index contributed by atoms with van der Waals surface area (Å²) in [5, 5.41) is 17.3. The van der Waals surface area contributed by atoms with Crippen LogP contribution in [-0.2, 0) is 109 Å². The first-order valence-corrected chi connectivity index (χ1v) is 28.1. The fourth-order valence-corrected chi connectivity index (χ4v) is 7.75. The van der Waals surface area contributed by atoms with Gasteiger partial charge in [0.1, 0.15) is 33.0 Å². The molecular weight excluding hydrogens is 1240 g/mol. The van der Waals surface area contributed by atoms with Crippen molar-refractivity contribution in [3.05, 3.63) is 179 Å².